The molecule has 2 rings (SSSR count). The van der Waals surface area contributed by atoms with Crippen LogP contribution in [0.2, 0.25) is 0 Å². The van der Waals surface area contributed by atoms with Crippen LogP contribution in [-0.2, 0) is 11.2 Å². The lowest BCUT2D eigenvalue weighted by atomic mass is 9.99. The van der Waals surface area contributed by atoms with Gasteiger partial charge in [-0.25, -0.2) is 0 Å². The van der Waals surface area contributed by atoms with E-state index in [1.807, 2.05) is 12.1 Å². The zero-order chi connectivity index (χ0) is 13.1. The van der Waals surface area contributed by atoms with Gasteiger partial charge in [-0.1, -0.05) is 20.3 Å². The molecule has 1 heterocycles. The molecule has 0 spiro atoms. The second-order valence-electron chi connectivity index (χ2n) is 5.24. The Morgan fingerprint density at radius 2 is 2.11 bits per heavy atom. The third-order valence-electron chi connectivity index (χ3n) is 3.89. The molecule has 1 amide bonds. The van der Waals surface area contributed by atoms with E-state index in [9.17, 15) is 4.79 Å². The largest absolute Gasteiger partial charge is 0.382 e. The molecule has 3 heteroatoms. The van der Waals surface area contributed by atoms with Crippen LogP contribution in [0.4, 0.5) is 11.4 Å². The number of amides is 1. The Kier molecular flexibility index (Phi) is 3.90. The van der Waals surface area contributed by atoms with Crippen LogP contribution in [0.25, 0.3) is 0 Å². The summed E-state index contributed by atoms with van der Waals surface area (Å²) in [6, 6.07) is 6.67. The van der Waals surface area contributed by atoms with E-state index in [4.69, 9.17) is 0 Å². The first-order valence-corrected chi connectivity index (χ1v) is 6.79. The topological polar surface area (TPSA) is 41.1 Å². The van der Waals surface area contributed by atoms with Gasteiger partial charge in [-0.15, -0.1) is 0 Å². The molecule has 1 aromatic carbocycles. The summed E-state index contributed by atoms with van der Waals surface area (Å²) in [5.41, 5.74) is 3.35. The second-order valence-corrected chi connectivity index (χ2v) is 5.24. The van der Waals surface area contributed by atoms with Gasteiger partial charge >= 0.3 is 0 Å². The number of carbonyl (C=O) groups is 1. The van der Waals surface area contributed by atoms with Gasteiger partial charge in [0.25, 0.3) is 0 Å². The minimum absolute atomic E-state index is 0.121. The van der Waals surface area contributed by atoms with Crippen LogP contribution < -0.4 is 10.6 Å². The molecular weight excluding hydrogens is 224 g/mol. The maximum Gasteiger partial charge on any atom is 0.224 e. The van der Waals surface area contributed by atoms with Crippen molar-refractivity contribution in [2.45, 2.75) is 46.1 Å². The highest BCUT2D eigenvalue weighted by Crippen LogP contribution is 2.26. The number of aryl methyl sites for hydroxylation is 1. The van der Waals surface area contributed by atoms with Crippen LogP contribution in [0, 0.1) is 5.92 Å². The van der Waals surface area contributed by atoms with E-state index in [2.05, 4.69) is 37.5 Å². The van der Waals surface area contributed by atoms with Gasteiger partial charge in [-0.2, -0.15) is 0 Å². The molecule has 1 aliphatic rings. The van der Waals surface area contributed by atoms with Gasteiger partial charge in [-0.3, -0.25) is 4.79 Å². The standard InChI is InChI=1S/C15H22N2O/c1-4-10(2)11(3)16-13-6-7-14-12(9-13)5-8-15(18)17-14/h6-7,9-11,16H,4-5,8H2,1-3H3,(H,17,18). The minimum Gasteiger partial charge on any atom is -0.382 e. The third-order valence-corrected chi connectivity index (χ3v) is 3.89. The van der Waals surface area contributed by atoms with Crippen molar-refractivity contribution in [2.24, 2.45) is 5.92 Å². The fourth-order valence-corrected chi connectivity index (χ4v) is 2.23. The zero-order valence-electron chi connectivity index (χ0n) is 11.4. The van der Waals surface area contributed by atoms with E-state index in [0.29, 0.717) is 18.4 Å². The molecule has 0 saturated carbocycles. The van der Waals surface area contributed by atoms with Gasteiger partial charge < -0.3 is 10.6 Å². The zero-order valence-corrected chi connectivity index (χ0v) is 11.4. The van der Waals surface area contributed by atoms with Crippen molar-refractivity contribution in [3.63, 3.8) is 0 Å². The van der Waals surface area contributed by atoms with Crippen molar-refractivity contribution < 1.29 is 4.79 Å². The molecular formula is C15H22N2O. The quantitative estimate of drug-likeness (QED) is 0.854. The van der Waals surface area contributed by atoms with Gasteiger partial charge in [0.1, 0.15) is 0 Å². The lowest BCUT2D eigenvalue weighted by molar-refractivity contribution is -0.116. The molecule has 98 valence electrons. The van der Waals surface area contributed by atoms with Gasteiger partial charge in [0.2, 0.25) is 5.91 Å². The molecule has 0 aliphatic carbocycles. The first kappa shape index (κ1) is 12.9. The van der Waals surface area contributed by atoms with E-state index in [1.54, 1.807) is 0 Å². The number of rotatable bonds is 4. The monoisotopic (exact) mass is 246 g/mol. The molecule has 2 atom stereocenters. The fourth-order valence-electron chi connectivity index (χ4n) is 2.23. The van der Waals surface area contributed by atoms with Crippen LogP contribution in [0.1, 0.15) is 39.2 Å². The summed E-state index contributed by atoms with van der Waals surface area (Å²) in [6.07, 6.45) is 2.61. The van der Waals surface area contributed by atoms with Gasteiger partial charge in [0.05, 0.1) is 0 Å². The number of benzene rings is 1. The highest BCUT2D eigenvalue weighted by atomic mass is 16.1. The van der Waals surface area contributed by atoms with Gasteiger partial charge in [0, 0.05) is 23.8 Å². The predicted molar refractivity (Wildman–Crippen MR) is 75.9 cm³/mol. The van der Waals surface area contributed by atoms with Crippen LogP contribution >= 0.6 is 0 Å². The van der Waals surface area contributed by atoms with E-state index in [-0.39, 0.29) is 5.91 Å². The Bertz CT molecular complexity index is 442. The van der Waals surface area contributed by atoms with Crippen molar-refractivity contribution in [2.75, 3.05) is 10.6 Å². The third kappa shape index (κ3) is 2.84. The van der Waals surface area contributed by atoms with Crippen molar-refractivity contribution >= 4 is 17.3 Å². The molecule has 2 N–H and O–H groups in total. The Hall–Kier alpha value is -1.51. The number of hydrogen-bond donors (Lipinski definition) is 2. The Labute approximate surface area is 109 Å². The maximum absolute atomic E-state index is 11.3. The summed E-state index contributed by atoms with van der Waals surface area (Å²) in [6.45, 7) is 6.69. The lowest BCUT2D eigenvalue weighted by Gasteiger charge is -2.23. The summed E-state index contributed by atoms with van der Waals surface area (Å²) in [5.74, 6) is 0.775. The molecule has 1 aliphatic heterocycles. The molecule has 0 aromatic heterocycles. The molecule has 0 saturated heterocycles. The van der Waals surface area contributed by atoms with Crippen molar-refractivity contribution in [1.82, 2.24) is 0 Å². The second kappa shape index (κ2) is 5.42. The first-order chi connectivity index (χ1) is 8.60. The minimum atomic E-state index is 0.121. The number of carbonyl (C=O) groups excluding carboxylic acids is 1. The summed E-state index contributed by atoms with van der Waals surface area (Å²) in [4.78, 5) is 11.3. The van der Waals surface area contributed by atoms with Crippen LogP contribution in [0.15, 0.2) is 18.2 Å². The van der Waals surface area contributed by atoms with Crippen LogP contribution in [0.5, 0.6) is 0 Å². The van der Waals surface area contributed by atoms with Crippen molar-refractivity contribution in [3.05, 3.63) is 23.8 Å². The highest BCUT2D eigenvalue weighted by molar-refractivity contribution is 5.94. The Morgan fingerprint density at radius 3 is 2.83 bits per heavy atom. The Balaban J connectivity index is 2.09. The lowest BCUT2D eigenvalue weighted by Crippen LogP contribution is -2.24. The van der Waals surface area contributed by atoms with Gasteiger partial charge in [0.15, 0.2) is 0 Å². The number of anilines is 2. The van der Waals surface area contributed by atoms with E-state index in [1.165, 1.54) is 12.0 Å². The normalized spacial score (nSPS) is 17.6. The summed E-state index contributed by atoms with van der Waals surface area (Å²) in [5, 5.41) is 6.45. The predicted octanol–water partition coefficient (Wildman–Crippen LogP) is 3.42. The molecule has 2 unspecified atom stereocenters. The van der Waals surface area contributed by atoms with Crippen molar-refractivity contribution in [3.8, 4) is 0 Å². The summed E-state index contributed by atoms with van der Waals surface area (Å²) in [7, 11) is 0. The van der Waals surface area contributed by atoms with Crippen LogP contribution in [-0.4, -0.2) is 11.9 Å². The molecule has 0 radical (unpaired) electrons. The van der Waals surface area contributed by atoms with E-state index in [0.717, 1.165) is 17.8 Å². The average molecular weight is 246 g/mol. The van der Waals surface area contributed by atoms with Gasteiger partial charge in [-0.05, 0) is 43.0 Å². The molecule has 0 bridgehead atoms. The number of hydrogen-bond acceptors (Lipinski definition) is 2. The molecule has 1 aromatic rings. The fraction of sp³-hybridized carbons (Fsp3) is 0.533. The smallest absolute Gasteiger partial charge is 0.224 e. The average Bonchev–Trinajstić information content (AvgIpc) is 2.38. The summed E-state index contributed by atoms with van der Waals surface area (Å²) >= 11 is 0. The Morgan fingerprint density at radius 1 is 1.33 bits per heavy atom. The van der Waals surface area contributed by atoms with E-state index >= 15 is 0 Å². The van der Waals surface area contributed by atoms with E-state index < -0.39 is 0 Å². The van der Waals surface area contributed by atoms with Crippen LogP contribution in [0.3, 0.4) is 0 Å². The molecule has 3 nitrogen and oxygen atoms in total. The number of fused-ring (bicyclic) bond motifs is 1. The molecule has 0 fully saturated rings. The first-order valence-electron chi connectivity index (χ1n) is 6.79. The highest BCUT2D eigenvalue weighted by Gasteiger charge is 2.16. The summed E-state index contributed by atoms with van der Waals surface area (Å²) < 4.78 is 0. The number of nitrogens with one attached hydrogen (secondary N) is 2. The molecule has 18 heavy (non-hydrogen) atoms. The van der Waals surface area contributed by atoms with Crippen molar-refractivity contribution in [1.29, 1.82) is 0 Å². The SMILES string of the molecule is CCC(C)C(C)Nc1ccc2c(c1)CCC(=O)N2. The maximum atomic E-state index is 11.3.